The second kappa shape index (κ2) is 6.00. The van der Waals surface area contributed by atoms with Crippen LogP contribution in [0.3, 0.4) is 0 Å². The van der Waals surface area contributed by atoms with Gasteiger partial charge in [0, 0.05) is 12.5 Å². The number of aromatic nitrogens is 2. The Kier molecular flexibility index (Phi) is 4.60. The summed E-state index contributed by atoms with van der Waals surface area (Å²) in [6.07, 6.45) is 4.97. The quantitative estimate of drug-likeness (QED) is 0.897. The van der Waals surface area contributed by atoms with Gasteiger partial charge in [-0.2, -0.15) is 0 Å². The van der Waals surface area contributed by atoms with E-state index in [0.717, 1.165) is 28.4 Å². The van der Waals surface area contributed by atoms with Crippen molar-refractivity contribution in [1.82, 2.24) is 10.2 Å². The molecule has 0 amide bonds. The van der Waals surface area contributed by atoms with Crippen molar-refractivity contribution in [2.24, 2.45) is 17.8 Å². The third-order valence-electron chi connectivity index (χ3n) is 3.79. The van der Waals surface area contributed by atoms with Crippen molar-refractivity contribution in [2.45, 2.75) is 59.4 Å². The van der Waals surface area contributed by atoms with Crippen molar-refractivity contribution >= 4 is 16.5 Å². The van der Waals surface area contributed by atoms with E-state index in [1.807, 2.05) is 0 Å². The Balaban J connectivity index is 1.91. The minimum Gasteiger partial charge on any atom is -0.357 e. The molecule has 0 aliphatic heterocycles. The maximum absolute atomic E-state index is 4.27. The van der Waals surface area contributed by atoms with Crippen molar-refractivity contribution in [2.75, 3.05) is 5.32 Å². The third kappa shape index (κ3) is 3.67. The van der Waals surface area contributed by atoms with Crippen molar-refractivity contribution < 1.29 is 0 Å². The largest absolute Gasteiger partial charge is 0.357 e. The summed E-state index contributed by atoms with van der Waals surface area (Å²) in [5.74, 6) is 2.27. The van der Waals surface area contributed by atoms with Gasteiger partial charge < -0.3 is 5.32 Å². The Morgan fingerprint density at radius 2 is 2.06 bits per heavy atom. The molecule has 3 atom stereocenters. The van der Waals surface area contributed by atoms with E-state index in [9.17, 15) is 0 Å². The molecule has 0 bridgehead atoms. The summed E-state index contributed by atoms with van der Waals surface area (Å²) in [7, 11) is 0. The van der Waals surface area contributed by atoms with Gasteiger partial charge in [0.2, 0.25) is 5.13 Å². The highest BCUT2D eigenvalue weighted by molar-refractivity contribution is 7.15. The zero-order valence-electron chi connectivity index (χ0n) is 11.9. The van der Waals surface area contributed by atoms with Crippen LogP contribution in [-0.2, 0) is 6.42 Å². The maximum Gasteiger partial charge on any atom is 0.205 e. The lowest BCUT2D eigenvalue weighted by atomic mass is 9.80. The normalized spacial score (nSPS) is 28.6. The average Bonchev–Trinajstić information content (AvgIpc) is 2.69. The SMILES string of the molecule is CC(C)Cc1nnc(NC2CCC(C)CC2C)s1. The first-order chi connectivity index (χ1) is 8.54. The van der Waals surface area contributed by atoms with Crippen molar-refractivity contribution in [3.8, 4) is 0 Å². The predicted molar refractivity (Wildman–Crippen MR) is 78.0 cm³/mol. The van der Waals surface area contributed by atoms with Crippen LogP contribution in [0.5, 0.6) is 0 Å². The monoisotopic (exact) mass is 267 g/mol. The van der Waals surface area contributed by atoms with Crippen LogP contribution < -0.4 is 5.32 Å². The molecule has 0 aromatic carbocycles. The molecule has 1 N–H and O–H groups in total. The van der Waals surface area contributed by atoms with Crippen LogP contribution >= 0.6 is 11.3 Å². The number of nitrogens with one attached hydrogen (secondary N) is 1. The lowest BCUT2D eigenvalue weighted by molar-refractivity contribution is 0.276. The van der Waals surface area contributed by atoms with Crippen LogP contribution in [0.15, 0.2) is 0 Å². The van der Waals surface area contributed by atoms with Crippen LogP contribution in [0.25, 0.3) is 0 Å². The number of hydrogen-bond acceptors (Lipinski definition) is 4. The Morgan fingerprint density at radius 1 is 1.28 bits per heavy atom. The molecule has 3 nitrogen and oxygen atoms in total. The second-order valence-corrected chi connectivity index (χ2v) is 7.31. The molecule has 1 aromatic rings. The molecule has 1 aliphatic rings. The topological polar surface area (TPSA) is 37.8 Å². The van der Waals surface area contributed by atoms with Crippen LogP contribution in [0.4, 0.5) is 5.13 Å². The van der Waals surface area contributed by atoms with E-state index in [-0.39, 0.29) is 0 Å². The van der Waals surface area contributed by atoms with Gasteiger partial charge in [-0.3, -0.25) is 0 Å². The average molecular weight is 267 g/mol. The predicted octanol–water partition coefficient (Wildman–Crippen LogP) is 3.97. The summed E-state index contributed by atoms with van der Waals surface area (Å²) in [6, 6.07) is 0.584. The smallest absolute Gasteiger partial charge is 0.205 e. The summed E-state index contributed by atoms with van der Waals surface area (Å²) in [5.41, 5.74) is 0. The van der Waals surface area contributed by atoms with Crippen molar-refractivity contribution in [3.05, 3.63) is 5.01 Å². The summed E-state index contributed by atoms with van der Waals surface area (Å²) in [4.78, 5) is 0. The highest BCUT2D eigenvalue weighted by Gasteiger charge is 2.25. The molecule has 102 valence electrons. The first-order valence-electron chi connectivity index (χ1n) is 7.13. The fraction of sp³-hybridized carbons (Fsp3) is 0.857. The van der Waals surface area contributed by atoms with E-state index in [1.54, 1.807) is 11.3 Å². The molecule has 0 spiro atoms. The maximum atomic E-state index is 4.27. The first-order valence-corrected chi connectivity index (χ1v) is 7.95. The Morgan fingerprint density at radius 3 is 2.72 bits per heavy atom. The molecule has 18 heavy (non-hydrogen) atoms. The molecule has 0 saturated heterocycles. The third-order valence-corrected chi connectivity index (χ3v) is 4.67. The fourth-order valence-corrected chi connectivity index (χ4v) is 3.80. The van der Waals surface area contributed by atoms with Gasteiger partial charge in [0.05, 0.1) is 0 Å². The number of nitrogens with zero attached hydrogens (tertiary/aromatic N) is 2. The molecule has 1 heterocycles. The van der Waals surface area contributed by atoms with Gasteiger partial charge in [0.25, 0.3) is 0 Å². The van der Waals surface area contributed by atoms with E-state index < -0.39 is 0 Å². The summed E-state index contributed by atoms with van der Waals surface area (Å²) in [5, 5.41) is 14.3. The van der Waals surface area contributed by atoms with Gasteiger partial charge in [-0.15, -0.1) is 10.2 Å². The van der Waals surface area contributed by atoms with Crippen LogP contribution in [-0.4, -0.2) is 16.2 Å². The summed E-state index contributed by atoms with van der Waals surface area (Å²) in [6.45, 7) is 9.15. The Hall–Kier alpha value is -0.640. The van der Waals surface area contributed by atoms with Crippen LogP contribution in [0.1, 0.15) is 52.0 Å². The molecule has 0 radical (unpaired) electrons. The van der Waals surface area contributed by atoms with E-state index in [4.69, 9.17) is 0 Å². The molecular formula is C14H25N3S. The highest BCUT2D eigenvalue weighted by Crippen LogP contribution is 2.31. The molecule has 2 rings (SSSR count). The van der Waals surface area contributed by atoms with Crippen LogP contribution in [0.2, 0.25) is 0 Å². The summed E-state index contributed by atoms with van der Waals surface area (Å²) < 4.78 is 0. The van der Waals surface area contributed by atoms with Crippen molar-refractivity contribution in [1.29, 1.82) is 0 Å². The first kappa shape index (κ1) is 13.8. The highest BCUT2D eigenvalue weighted by atomic mass is 32.1. The zero-order chi connectivity index (χ0) is 13.1. The molecule has 3 unspecified atom stereocenters. The second-order valence-electron chi connectivity index (χ2n) is 6.25. The van der Waals surface area contributed by atoms with Gasteiger partial charge in [-0.25, -0.2) is 0 Å². The zero-order valence-corrected chi connectivity index (χ0v) is 12.8. The molecule has 1 aromatic heterocycles. The van der Waals surface area contributed by atoms with Gasteiger partial charge >= 0.3 is 0 Å². The molecule has 4 heteroatoms. The molecule has 1 saturated carbocycles. The minimum absolute atomic E-state index is 0.584. The van der Waals surface area contributed by atoms with Crippen LogP contribution in [0, 0.1) is 17.8 Å². The van der Waals surface area contributed by atoms with E-state index >= 15 is 0 Å². The van der Waals surface area contributed by atoms with Crippen molar-refractivity contribution in [3.63, 3.8) is 0 Å². The van der Waals surface area contributed by atoms with Gasteiger partial charge in [0.1, 0.15) is 5.01 Å². The lowest BCUT2D eigenvalue weighted by Gasteiger charge is -2.32. The number of rotatable bonds is 4. The number of hydrogen-bond donors (Lipinski definition) is 1. The fourth-order valence-electron chi connectivity index (χ4n) is 2.78. The Labute approximate surface area is 114 Å². The van der Waals surface area contributed by atoms with Gasteiger partial charge in [0.15, 0.2) is 0 Å². The number of anilines is 1. The van der Waals surface area contributed by atoms with E-state index in [0.29, 0.717) is 12.0 Å². The summed E-state index contributed by atoms with van der Waals surface area (Å²) >= 11 is 1.72. The minimum atomic E-state index is 0.584. The van der Waals surface area contributed by atoms with E-state index in [1.165, 1.54) is 19.3 Å². The Bertz CT molecular complexity index is 375. The lowest BCUT2D eigenvalue weighted by Crippen LogP contribution is -2.32. The molecular weight excluding hydrogens is 242 g/mol. The molecule has 1 fully saturated rings. The van der Waals surface area contributed by atoms with Gasteiger partial charge in [-0.1, -0.05) is 39.0 Å². The molecule has 1 aliphatic carbocycles. The van der Waals surface area contributed by atoms with Gasteiger partial charge in [-0.05, 0) is 37.0 Å². The van der Waals surface area contributed by atoms with E-state index in [2.05, 4.69) is 43.2 Å². The standard InChI is InChI=1S/C14H25N3S/c1-9(2)7-13-16-17-14(18-13)15-12-6-5-10(3)8-11(12)4/h9-12H,5-8H2,1-4H3,(H,15,17).